The van der Waals surface area contributed by atoms with E-state index in [4.69, 9.17) is 19.7 Å². The highest BCUT2D eigenvalue weighted by Gasteiger charge is 2.24. The van der Waals surface area contributed by atoms with Gasteiger partial charge in [-0.25, -0.2) is 4.98 Å². The Hall–Kier alpha value is -3.49. The molecule has 8 heteroatoms. The van der Waals surface area contributed by atoms with Crippen molar-refractivity contribution in [3.63, 3.8) is 0 Å². The van der Waals surface area contributed by atoms with Crippen LogP contribution >= 0.6 is 0 Å². The molecule has 2 aromatic carbocycles. The molecule has 2 aliphatic rings. The number of likely N-dealkylation sites (tertiary alicyclic amines) is 1. The van der Waals surface area contributed by atoms with Gasteiger partial charge in [-0.3, -0.25) is 9.47 Å². The number of piperidine rings is 1. The predicted octanol–water partition coefficient (Wildman–Crippen LogP) is 3.73. The Kier molecular flexibility index (Phi) is 6.30. The van der Waals surface area contributed by atoms with E-state index in [1.165, 1.54) is 5.56 Å². The van der Waals surface area contributed by atoms with E-state index in [-0.39, 0.29) is 0 Å². The molecule has 0 spiro atoms. The Morgan fingerprint density at radius 3 is 2.31 bits per heavy atom. The standard InChI is InChI=1S/C27H31N7O/c1-3-7-21(8-4-1)19-32-13-11-22(12-14-32)29-25-24-26(31-27(30-25)33-15-17-35-18-16-33)34(20-28-24)23-9-5-2-6-10-23/h1-10,20,22H,11-19H2,(H,29,30,31). The van der Waals surface area contributed by atoms with Gasteiger partial charge in [0.2, 0.25) is 5.95 Å². The van der Waals surface area contributed by atoms with Gasteiger partial charge in [0.15, 0.2) is 17.0 Å². The van der Waals surface area contributed by atoms with Crippen molar-refractivity contribution < 1.29 is 4.74 Å². The van der Waals surface area contributed by atoms with E-state index in [0.29, 0.717) is 19.3 Å². The first-order chi connectivity index (χ1) is 17.3. The van der Waals surface area contributed by atoms with Crippen LogP contribution in [-0.2, 0) is 11.3 Å². The van der Waals surface area contributed by atoms with Gasteiger partial charge >= 0.3 is 0 Å². The average Bonchev–Trinajstić information content (AvgIpc) is 3.36. The van der Waals surface area contributed by atoms with E-state index in [2.05, 4.69) is 62.1 Å². The summed E-state index contributed by atoms with van der Waals surface area (Å²) >= 11 is 0. The molecule has 35 heavy (non-hydrogen) atoms. The smallest absolute Gasteiger partial charge is 0.229 e. The van der Waals surface area contributed by atoms with Gasteiger partial charge in [-0.1, -0.05) is 48.5 Å². The largest absolute Gasteiger partial charge is 0.378 e. The van der Waals surface area contributed by atoms with Crippen molar-refractivity contribution in [1.82, 2.24) is 24.4 Å². The Labute approximate surface area is 205 Å². The lowest BCUT2D eigenvalue weighted by Crippen LogP contribution is -2.39. The minimum absolute atomic E-state index is 0.361. The molecule has 2 fully saturated rings. The number of fused-ring (bicyclic) bond motifs is 1. The molecule has 1 N–H and O–H groups in total. The lowest BCUT2D eigenvalue weighted by Gasteiger charge is -2.33. The number of nitrogens with one attached hydrogen (secondary N) is 1. The molecule has 0 atom stereocenters. The van der Waals surface area contributed by atoms with Gasteiger partial charge < -0.3 is 15.0 Å². The van der Waals surface area contributed by atoms with Crippen LogP contribution in [0.4, 0.5) is 11.8 Å². The van der Waals surface area contributed by atoms with E-state index in [1.54, 1.807) is 0 Å². The third-order valence-electron chi connectivity index (χ3n) is 6.89. The zero-order chi connectivity index (χ0) is 23.5. The zero-order valence-electron chi connectivity index (χ0n) is 19.9. The number of ether oxygens (including phenoxy) is 1. The summed E-state index contributed by atoms with van der Waals surface area (Å²) in [6.45, 7) is 6.12. The Morgan fingerprint density at radius 2 is 1.57 bits per heavy atom. The Bertz CT molecular complexity index is 1250. The highest BCUT2D eigenvalue weighted by Crippen LogP contribution is 2.27. The SMILES string of the molecule is c1ccc(CN2CCC(Nc3nc(N4CCOCC4)nc4c3ncn4-c3ccccc3)CC2)cc1. The van der Waals surface area contributed by atoms with E-state index in [0.717, 1.165) is 74.2 Å². The molecule has 0 radical (unpaired) electrons. The molecule has 0 aliphatic carbocycles. The molecule has 180 valence electrons. The molecular formula is C27H31N7O. The number of morpholine rings is 1. The van der Waals surface area contributed by atoms with Crippen LogP contribution in [0.1, 0.15) is 18.4 Å². The van der Waals surface area contributed by atoms with Crippen molar-refractivity contribution >= 4 is 22.9 Å². The van der Waals surface area contributed by atoms with Crippen molar-refractivity contribution in [2.45, 2.75) is 25.4 Å². The van der Waals surface area contributed by atoms with Crippen LogP contribution in [-0.4, -0.2) is 69.9 Å². The van der Waals surface area contributed by atoms with Crippen LogP contribution in [0.5, 0.6) is 0 Å². The maximum atomic E-state index is 5.56. The predicted molar refractivity (Wildman–Crippen MR) is 138 cm³/mol. The number of nitrogens with zero attached hydrogens (tertiary/aromatic N) is 6. The first-order valence-electron chi connectivity index (χ1n) is 12.5. The van der Waals surface area contributed by atoms with Gasteiger partial charge in [-0.2, -0.15) is 9.97 Å². The van der Waals surface area contributed by atoms with Crippen LogP contribution in [0.15, 0.2) is 67.0 Å². The van der Waals surface area contributed by atoms with Crippen molar-refractivity contribution in [2.24, 2.45) is 0 Å². The second-order valence-electron chi connectivity index (χ2n) is 9.27. The number of aromatic nitrogens is 4. The maximum Gasteiger partial charge on any atom is 0.229 e. The molecule has 4 aromatic rings. The minimum Gasteiger partial charge on any atom is -0.378 e. The monoisotopic (exact) mass is 469 g/mol. The topological polar surface area (TPSA) is 71.3 Å². The summed E-state index contributed by atoms with van der Waals surface area (Å²) in [5, 5.41) is 3.74. The van der Waals surface area contributed by atoms with Gasteiger partial charge in [0.25, 0.3) is 0 Å². The quantitative estimate of drug-likeness (QED) is 0.461. The van der Waals surface area contributed by atoms with E-state index in [1.807, 2.05) is 24.5 Å². The molecule has 6 rings (SSSR count). The van der Waals surface area contributed by atoms with Crippen LogP contribution in [0, 0.1) is 0 Å². The fraction of sp³-hybridized carbons (Fsp3) is 0.370. The fourth-order valence-electron chi connectivity index (χ4n) is 4.94. The highest BCUT2D eigenvalue weighted by atomic mass is 16.5. The summed E-state index contributed by atoms with van der Waals surface area (Å²) in [7, 11) is 0. The lowest BCUT2D eigenvalue weighted by molar-refractivity contribution is 0.122. The average molecular weight is 470 g/mol. The number of anilines is 2. The molecule has 0 bridgehead atoms. The number of para-hydroxylation sites is 1. The van der Waals surface area contributed by atoms with E-state index < -0.39 is 0 Å². The fourth-order valence-corrected chi connectivity index (χ4v) is 4.94. The summed E-state index contributed by atoms with van der Waals surface area (Å²) in [6, 6.07) is 21.3. The molecule has 0 unspecified atom stereocenters. The van der Waals surface area contributed by atoms with Crippen molar-refractivity contribution in [2.75, 3.05) is 49.6 Å². The van der Waals surface area contributed by atoms with Crippen LogP contribution in [0.2, 0.25) is 0 Å². The Morgan fingerprint density at radius 1 is 0.857 bits per heavy atom. The van der Waals surface area contributed by atoms with Gasteiger partial charge in [0.1, 0.15) is 6.33 Å². The minimum atomic E-state index is 0.361. The molecule has 0 amide bonds. The van der Waals surface area contributed by atoms with E-state index in [9.17, 15) is 0 Å². The molecule has 0 saturated carbocycles. The van der Waals surface area contributed by atoms with Crippen LogP contribution < -0.4 is 10.2 Å². The van der Waals surface area contributed by atoms with E-state index >= 15 is 0 Å². The summed E-state index contributed by atoms with van der Waals surface area (Å²) in [6.07, 6.45) is 4.00. The summed E-state index contributed by atoms with van der Waals surface area (Å²) in [4.78, 5) is 19.4. The van der Waals surface area contributed by atoms with Gasteiger partial charge in [-0.15, -0.1) is 0 Å². The van der Waals surface area contributed by atoms with Crippen LogP contribution in [0.25, 0.3) is 16.9 Å². The normalized spacial score (nSPS) is 17.7. The van der Waals surface area contributed by atoms with Crippen molar-refractivity contribution in [3.8, 4) is 5.69 Å². The number of benzene rings is 2. The molecular weight excluding hydrogens is 438 g/mol. The summed E-state index contributed by atoms with van der Waals surface area (Å²) < 4.78 is 7.61. The van der Waals surface area contributed by atoms with Gasteiger partial charge in [0, 0.05) is 44.5 Å². The zero-order valence-corrected chi connectivity index (χ0v) is 19.9. The summed E-state index contributed by atoms with van der Waals surface area (Å²) in [5.41, 5.74) is 4.06. The third kappa shape index (κ3) is 4.85. The number of imidazole rings is 1. The molecule has 4 heterocycles. The number of hydrogen-bond acceptors (Lipinski definition) is 7. The van der Waals surface area contributed by atoms with Crippen LogP contribution in [0.3, 0.4) is 0 Å². The number of rotatable bonds is 6. The van der Waals surface area contributed by atoms with Gasteiger partial charge in [0.05, 0.1) is 13.2 Å². The highest BCUT2D eigenvalue weighted by molar-refractivity contribution is 5.85. The third-order valence-corrected chi connectivity index (χ3v) is 6.89. The first kappa shape index (κ1) is 22.0. The summed E-state index contributed by atoms with van der Waals surface area (Å²) in [5.74, 6) is 1.56. The second kappa shape index (κ2) is 10.0. The van der Waals surface area contributed by atoms with Crippen molar-refractivity contribution in [3.05, 3.63) is 72.6 Å². The number of hydrogen-bond donors (Lipinski definition) is 1. The second-order valence-corrected chi connectivity index (χ2v) is 9.27. The lowest BCUT2D eigenvalue weighted by atomic mass is 10.0. The first-order valence-corrected chi connectivity index (χ1v) is 12.5. The van der Waals surface area contributed by atoms with Crippen molar-refractivity contribution in [1.29, 1.82) is 0 Å². The Balaban J connectivity index is 1.25. The molecule has 2 aliphatic heterocycles. The molecule has 8 nitrogen and oxygen atoms in total. The maximum absolute atomic E-state index is 5.56. The molecule has 2 aromatic heterocycles. The molecule has 2 saturated heterocycles. The van der Waals surface area contributed by atoms with Gasteiger partial charge in [-0.05, 0) is 30.5 Å².